The number of piperidine rings is 1. The first-order valence-corrected chi connectivity index (χ1v) is 10.2. The lowest BCUT2D eigenvalue weighted by Crippen LogP contribution is -2.55. The first-order chi connectivity index (χ1) is 13.4. The van der Waals surface area contributed by atoms with E-state index in [2.05, 4.69) is 9.80 Å². The van der Waals surface area contributed by atoms with Crippen LogP contribution in [0.4, 0.5) is 10.1 Å². The Morgan fingerprint density at radius 1 is 1.14 bits per heavy atom. The number of piperazine rings is 1. The van der Waals surface area contributed by atoms with Crippen LogP contribution in [0.1, 0.15) is 32.6 Å². The zero-order chi connectivity index (χ0) is 20.1. The smallest absolute Gasteiger partial charge is 0.303 e. The van der Waals surface area contributed by atoms with E-state index >= 15 is 0 Å². The molecule has 2 heterocycles. The van der Waals surface area contributed by atoms with E-state index < -0.39 is 5.97 Å². The minimum absolute atomic E-state index is 0.151. The maximum atomic E-state index is 13.1. The van der Waals surface area contributed by atoms with Crippen molar-refractivity contribution >= 4 is 17.6 Å². The summed E-state index contributed by atoms with van der Waals surface area (Å²) in [5.41, 5.74) is 0.985. The number of carboxylic acids is 1. The van der Waals surface area contributed by atoms with Crippen LogP contribution in [-0.2, 0) is 9.59 Å². The van der Waals surface area contributed by atoms with Gasteiger partial charge in [0.2, 0.25) is 5.91 Å². The molecular weight excluding hydrogens is 361 g/mol. The lowest BCUT2D eigenvalue weighted by molar-refractivity contribution is -0.139. The zero-order valence-electron chi connectivity index (χ0n) is 16.5. The van der Waals surface area contributed by atoms with E-state index in [1.54, 1.807) is 12.1 Å². The van der Waals surface area contributed by atoms with E-state index in [4.69, 9.17) is 5.11 Å². The van der Waals surface area contributed by atoms with Crippen LogP contribution in [0.3, 0.4) is 0 Å². The molecular formula is C21H30FN3O3. The highest BCUT2D eigenvalue weighted by molar-refractivity contribution is 5.81. The van der Waals surface area contributed by atoms with Crippen molar-refractivity contribution in [2.24, 2.45) is 5.92 Å². The number of carbonyl (C=O) groups is 2. The van der Waals surface area contributed by atoms with Crippen LogP contribution in [0, 0.1) is 11.7 Å². The molecule has 2 aliphatic rings. The molecule has 3 rings (SSSR count). The van der Waals surface area contributed by atoms with Gasteiger partial charge in [-0.2, -0.15) is 0 Å². The Labute approximate surface area is 165 Å². The van der Waals surface area contributed by atoms with Crippen molar-refractivity contribution in [3.63, 3.8) is 0 Å². The van der Waals surface area contributed by atoms with Crippen LogP contribution in [0.25, 0.3) is 0 Å². The molecule has 2 atom stereocenters. The van der Waals surface area contributed by atoms with Gasteiger partial charge in [0.15, 0.2) is 0 Å². The van der Waals surface area contributed by atoms with Crippen molar-refractivity contribution in [1.82, 2.24) is 9.80 Å². The summed E-state index contributed by atoms with van der Waals surface area (Å²) in [7, 11) is 0. The quantitative estimate of drug-likeness (QED) is 0.807. The fourth-order valence-electron chi connectivity index (χ4n) is 4.27. The molecule has 0 saturated carbocycles. The van der Waals surface area contributed by atoms with Gasteiger partial charge in [0.25, 0.3) is 0 Å². The van der Waals surface area contributed by atoms with Crippen molar-refractivity contribution in [2.45, 2.75) is 38.6 Å². The van der Waals surface area contributed by atoms with Crippen molar-refractivity contribution in [3.05, 3.63) is 30.1 Å². The molecule has 0 aliphatic carbocycles. The van der Waals surface area contributed by atoms with Crippen LogP contribution >= 0.6 is 0 Å². The second kappa shape index (κ2) is 9.37. The third kappa shape index (κ3) is 5.22. The number of hydrogen-bond donors (Lipinski definition) is 1. The first-order valence-electron chi connectivity index (χ1n) is 10.2. The Balaban J connectivity index is 1.50. The summed E-state index contributed by atoms with van der Waals surface area (Å²) in [4.78, 5) is 30.1. The normalized spacial score (nSPS) is 22.1. The predicted molar refractivity (Wildman–Crippen MR) is 106 cm³/mol. The van der Waals surface area contributed by atoms with Gasteiger partial charge in [0.05, 0.1) is 6.04 Å². The minimum atomic E-state index is -0.750. The minimum Gasteiger partial charge on any atom is -0.481 e. The van der Waals surface area contributed by atoms with Gasteiger partial charge in [0, 0.05) is 44.8 Å². The number of halogens is 1. The molecule has 154 valence electrons. The number of hydrogen-bond acceptors (Lipinski definition) is 4. The Bertz CT molecular complexity index is 674. The fraction of sp³-hybridized carbons (Fsp3) is 0.619. The maximum absolute atomic E-state index is 13.1. The lowest BCUT2D eigenvalue weighted by atomic mass is 9.92. The standard InChI is InChI=1S/C21H30FN3O3/c1-16(25-10-2-3-17(15-25)4-9-20(26)27)21(28)24-13-11-23(12-14-24)19-7-5-18(22)6-8-19/h5-8,16-17H,2-4,9-15H2,1H3,(H,26,27). The van der Waals surface area contributed by atoms with Gasteiger partial charge in [-0.3, -0.25) is 14.5 Å². The number of anilines is 1. The van der Waals surface area contributed by atoms with E-state index in [0.717, 1.165) is 44.7 Å². The monoisotopic (exact) mass is 391 g/mol. The molecule has 1 N–H and O–H groups in total. The van der Waals surface area contributed by atoms with E-state index in [-0.39, 0.29) is 24.2 Å². The van der Waals surface area contributed by atoms with E-state index in [0.29, 0.717) is 25.4 Å². The second-order valence-electron chi connectivity index (χ2n) is 7.90. The van der Waals surface area contributed by atoms with Gasteiger partial charge in [-0.05, 0) is 62.9 Å². The van der Waals surface area contributed by atoms with Gasteiger partial charge in [-0.15, -0.1) is 0 Å². The van der Waals surface area contributed by atoms with Crippen molar-refractivity contribution in [2.75, 3.05) is 44.2 Å². The Morgan fingerprint density at radius 2 is 1.82 bits per heavy atom. The van der Waals surface area contributed by atoms with Gasteiger partial charge in [-0.1, -0.05) is 0 Å². The number of carbonyl (C=O) groups excluding carboxylic acids is 1. The van der Waals surface area contributed by atoms with Crippen LogP contribution in [0.5, 0.6) is 0 Å². The molecule has 2 fully saturated rings. The number of benzene rings is 1. The molecule has 0 spiro atoms. The first kappa shape index (κ1) is 20.6. The average molecular weight is 391 g/mol. The highest BCUT2D eigenvalue weighted by Gasteiger charge is 2.31. The second-order valence-corrected chi connectivity index (χ2v) is 7.90. The fourth-order valence-corrected chi connectivity index (χ4v) is 4.27. The number of aliphatic carboxylic acids is 1. The molecule has 0 aromatic heterocycles. The van der Waals surface area contributed by atoms with E-state index in [1.807, 2.05) is 11.8 Å². The van der Waals surface area contributed by atoms with Crippen LogP contribution in [0.2, 0.25) is 0 Å². The Kier molecular flexibility index (Phi) is 6.88. The van der Waals surface area contributed by atoms with E-state index in [1.165, 1.54) is 12.1 Å². The maximum Gasteiger partial charge on any atom is 0.303 e. The molecule has 6 nitrogen and oxygen atoms in total. The Hall–Kier alpha value is -2.15. The molecule has 1 amide bonds. The average Bonchev–Trinajstić information content (AvgIpc) is 2.72. The van der Waals surface area contributed by atoms with Crippen molar-refractivity contribution in [1.29, 1.82) is 0 Å². The summed E-state index contributed by atoms with van der Waals surface area (Å²) in [6.45, 7) is 6.47. The largest absolute Gasteiger partial charge is 0.481 e. The topological polar surface area (TPSA) is 64.1 Å². The highest BCUT2D eigenvalue weighted by Crippen LogP contribution is 2.24. The molecule has 2 saturated heterocycles. The number of carboxylic acid groups (broad SMARTS) is 1. The van der Waals surface area contributed by atoms with E-state index in [9.17, 15) is 14.0 Å². The zero-order valence-corrected chi connectivity index (χ0v) is 16.5. The van der Waals surface area contributed by atoms with Crippen molar-refractivity contribution < 1.29 is 19.1 Å². The summed E-state index contributed by atoms with van der Waals surface area (Å²) in [6, 6.07) is 6.31. The highest BCUT2D eigenvalue weighted by atomic mass is 19.1. The van der Waals surface area contributed by atoms with Crippen LogP contribution < -0.4 is 4.90 Å². The SMILES string of the molecule is CC(C(=O)N1CCN(c2ccc(F)cc2)CC1)N1CCCC(CCC(=O)O)C1. The predicted octanol–water partition coefficient (Wildman–Crippen LogP) is 2.44. The number of nitrogens with zero attached hydrogens (tertiary/aromatic N) is 3. The van der Waals surface area contributed by atoms with Gasteiger partial charge < -0.3 is 14.9 Å². The molecule has 2 unspecified atom stereocenters. The molecule has 1 aromatic rings. The summed E-state index contributed by atoms with van der Waals surface area (Å²) < 4.78 is 13.1. The summed E-state index contributed by atoms with van der Waals surface area (Å²) >= 11 is 0. The van der Waals surface area contributed by atoms with Gasteiger partial charge >= 0.3 is 5.97 Å². The number of likely N-dealkylation sites (tertiary alicyclic amines) is 1. The Morgan fingerprint density at radius 3 is 2.46 bits per heavy atom. The van der Waals surface area contributed by atoms with Gasteiger partial charge in [-0.25, -0.2) is 4.39 Å². The molecule has 1 aromatic carbocycles. The molecule has 0 radical (unpaired) electrons. The van der Waals surface area contributed by atoms with Gasteiger partial charge in [0.1, 0.15) is 5.82 Å². The summed E-state index contributed by atoms with van der Waals surface area (Å²) in [6.07, 6.45) is 2.94. The van der Waals surface area contributed by atoms with Crippen LogP contribution in [-0.4, -0.2) is 72.1 Å². The molecule has 2 aliphatic heterocycles. The van der Waals surface area contributed by atoms with Crippen LogP contribution in [0.15, 0.2) is 24.3 Å². The number of rotatable bonds is 6. The molecule has 0 bridgehead atoms. The number of amides is 1. The molecule has 28 heavy (non-hydrogen) atoms. The van der Waals surface area contributed by atoms with Crippen molar-refractivity contribution in [3.8, 4) is 0 Å². The molecule has 7 heteroatoms. The summed E-state index contributed by atoms with van der Waals surface area (Å²) in [5, 5.41) is 8.90. The third-order valence-electron chi connectivity index (χ3n) is 6.01. The third-order valence-corrected chi connectivity index (χ3v) is 6.01. The summed E-state index contributed by atoms with van der Waals surface area (Å²) in [5.74, 6) is -0.483. The lowest BCUT2D eigenvalue weighted by Gasteiger charge is -2.41.